The van der Waals surface area contributed by atoms with Crippen molar-refractivity contribution < 1.29 is 9.90 Å². The van der Waals surface area contributed by atoms with Crippen LogP contribution in [-0.2, 0) is 4.79 Å². The molecule has 1 N–H and O–H groups in total. The second-order valence-corrected chi connectivity index (χ2v) is 3.06. The van der Waals surface area contributed by atoms with E-state index < -0.39 is 5.97 Å². The molecule has 0 radical (unpaired) electrons. The Morgan fingerprint density at radius 2 is 2.38 bits per heavy atom. The highest BCUT2D eigenvalue weighted by atomic mass is 16.4. The molecule has 0 amide bonds. The highest BCUT2D eigenvalue weighted by Crippen LogP contribution is 2.19. The number of carbonyl (C=O) groups is 1. The second kappa shape index (κ2) is 3.98. The number of aromatic nitrogens is 2. The van der Waals surface area contributed by atoms with Crippen LogP contribution in [0.4, 0.5) is 0 Å². The van der Waals surface area contributed by atoms with Crippen molar-refractivity contribution in [1.29, 1.82) is 0 Å². The fourth-order valence-electron chi connectivity index (χ4n) is 1.26. The van der Waals surface area contributed by atoms with Gasteiger partial charge in [-0.05, 0) is 18.4 Å². The summed E-state index contributed by atoms with van der Waals surface area (Å²) in [6.45, 7) is 3.72. The zero-order chi connectivity index (χ0) is 9.84. The van der Waals surface area contributed by atoms with Gasteiger partial charge in [0.15, 0.2) is 0 Å². The van der Waals surface area contributed by atoms with Crippen LogP contribution in [0.15, 0.2) is 12.5 Å². The van der Waals surface area contributed by atoms with E-state index in [9.17, 15) is 4.79 Å². The molecule has 1 rings (SSSR count). The summed E-state index contributed by atoms with van der Waals surface area (Å²) in [7, 11) is 0. The Bertz CT molecular complexity index is 312. The quantitative estimate of drug-likeness (QED) is 0.762. The summed E-state index contributed by atoms with van der Waals surface area (Å²) in [5.74, 6) is -0.825. The summed E-state index contributed by atoms with van der Waals surface area (Å²) < 4.78 is 0. The predicted octanol–water partition coefficient (Wildman–Crippen LogP) is 1.36. The summed E-state index contributed by atoms with van der Waals surface area (Å²) in [6.07, 6.45) is 3.26. The SMILES string of the molecule is Cc1ncncc1C(C)CC(=O)O. The van der Waals surface area contributed by atoms with Gasteiger partial charge in [-0.1, -0.05) is 6.92 Å². The largest absolute Gasteiger partial charge is 0.481 e. The molecule has 1 aromatic rings. The van der Waals surface area contributed by atoms with E-state index in [-0.39, 0.29) is 12.3 Å². The molecule has 1 atom stereocenters. The highest BCUT2D eigenvalue weighted by Gasteiger charge is 2.12. The van der Waals surface area contributed by atoms with Crippen LogP contribution < -0.4 is 0 Å². The number of carboxylic acid groups (broad SMARTS) is 1. The molecule has 0 saturated heterocycles. The summed E-state index contributed by atoms with van der Waals surface area (Å²) in [5.41, 5.74) is 1.76. The normalized spacial score (nSPS) is 12.5. The molecule has 1 unspecified atom stereocenters. The highest BCUT2D eigenvalue weighted by molar-refractivity contribution is 5.67. The van der Waals surface area contributed by atoms with Gasteiger partial charge < -0.3 is 5.11 Å². The summed E-state index contributed by atoms with van der Waals surface area (Å²) in [6, 6.07) is 0. The van der Waals surface area contributed by atoms with Gasteiger partial charge >= 0.3 is 5.97 Å². The zero-order valence-electron chi connectivity index (χ0n) is 7.69. The standard InChI is InChI=1S/C9H12N2O2/c1-6(3-9(12)13)8-4-10-5-11-7(8)2/h4-6H,3H2,1-2H3,(H,12,13). The molecule has 0 fully saturated rings. The van der Waals surface area contributed by atoms with E-state index in [1.807, 2.05) is 13.8 Å². The zero-order valence-corrected chi connectivity index (χ0v) is 7.69. The molecule has 0 bridgehead atoms. The van der Waals surface area contributed by atoms with Crippen LogP contribution in [0.3, 0.4) is 0 Å². The lowest BCUT2D eigenvalue weighted by molar-refractivity contribution is -0.137. The number of aliphatic carboxylic acids is 1. The van der Waals surface area contributed by atoms with E-state index in [2.05, 4.69) is 9.97 Å². The van der Waals surface area contributed by atoms with Crippen LogP contribution in [0.1, 0.15) is 30.5 Å². The fourth-order valence-corrected chi connectivity index (χ4v) is 1.26. The molecular formula is C9H12N2O2. The van der Waals surface area contributed by atoms with E-state index in [0.717, 1.165) is 11.3 Å². The van der Waals surface area contributed by atoms with Crippen molar-refractivity contribution in [3.63, 3.8) is 0 Å². The molecule has 0 aliphatic carbocycles. The first-order chi connectivity index (χ1) is 6.11. The Hall–Kier alpha value is -1.45. The van der Waals surface area contributed by atoms with Crippen molar-refractivity contribution >= 4 is 5.97 Å². The predicted molar refractivity (Wildman–Crippen MR) is 47.4 cm³/mol. The van der Waals surface area contributed by atoms with Crippen molar-refractivity contribution in [2.24, 2.45) is 0 Å². The molecule has 0 aliphatic rings. The second-order valence-electron chi connectivity index (χ2n) is 3.06. The number of hydrogen-bond acceptors (Lipinski definition) is 3. The van der Waals surface area contributed by atoms with E-state index in [1.54, 1.807) is 6.20 Å². The summed E-state index contributed by atoms with van der Waals surface area (Å²) in [5, 5.41) is 8.60. The lowest BCUT2D eigenvalue weighted by Crippen LogP contribution is -2.05. The smallest absolute Gasteiger partial charge is 0.303 e. The first kappa shape index (κ1) is 9.64. The Labute approximate surface area is 76.7 Å². The third kappa shape index (κ3) is 2.50. The van der Waals surface area contributed by atoms with E-state index in [4.69, 9.17) is 5.11 Å². The Balaban J connectivity index is 2.82. The topological polar surface area (TPSA) is 63.1 Å². The van der Waals surface area contributed by atoms with Crippen LogP contribution in [0, 0.1) is 6.92 Å². The van der Waals surface area contributed by atoms with Gasteiger partial charge in [0.2, 0.25) is 0 Å². The lowest BCUT2D eigenvalue weighted by Gasteiger charge is -2.09. The van der Waals surface area contributed by atoms with Crippen LogP contribution in [-0.4, -0.2) is 21.0 Å². The van der Waals surface area contributed by atoms with Gasteiger partial charge in [0.25, 0.3) is 0 Å². The van der Waals surface area contributed by atoms with Crippen molar-refractivity contribution in [3.05, 3.63) is 23.8 Å². The molecule has 0 spiro atoms. The average Bonchev–Trinajstić information content (AvgIpc) is 2.03. The Kier molecular flexibility index (Phi) is 2.95. The molecule has 4 nitrogen and oxygen atoms in total. The van der Waals surface area contributed by atoms with Gasteiger partial charge in [-0.2, -0.15) is 0 Å². The average molecular weight is 180 g/mol. The maximum Gasteiger partial charge on any atom is 0.303 e. The first-order valence-corrected chi connectivity index (χ1v) is 4.09. The van der Waals surface area contributed by atoms with Crippen molar-refractivity contribution in [1.82, 2.24) is 9.97 Å². The van der Waals surface area contributed by atoms with E-state index in [1.165, 1.54) is 6.33 Å². The molecule has 70 valence electrons. The number of aryl methyl sites for hydroxylation is 1. The maximum atomic E-state index is 10.5. The van der Waals surface area contributed by atoms with E-state index in [0.29, 0.717) is 0 Å². The van der Waals surface area contributed by atoms with Crippen LogP contribution >= 0.6 is 0 Å². The third-order valence-electron chi connectivity index (χ3n) is 1.96. The van der Waals surface area contributed by atoms with Gasteiger partial charge in [0, 0.05) is 11.9 Å². The third-order valence-corrected chi connectivity index (χ3v) is 1.96. The summed E-state index contributed by atoms with van der Waals surface area (Å²) >= 11 is 0. The molecule has 1 aromatic heterocycles. The van der Waals surface area contributed by atoms with Crippen molar-refractivity contribution in [2.75, 3.05) is 0 Å². The number of carboxylic acids is 1. The van der Waals surface area contributed by atoms with Gasteiger partial charge in [-0.3, -0.25) is 4.79 Å². The lowest BCUT2D eigenvalue weighted by atomic mass is 9.98. The van der Waals surface area contributed by atoms with Crippen LogP contribution in [0.5, 0.6) is 0 Å². The molecule has 4 heteroatoms. The number of rotatable bonds is 3. The first-order valence-electron chi connectivity index (χ1n) is 4.09. The molecular weight excluding hydrogens is 168 g/mol. The monoisotopic (exact) mass is 180 g/mol. The molecule has 1 heterocycles. The van der Waals surface area contributed by atoms with Gasteiger partial charge in [-0.15, -0.1) is 0 Å². The van der Waals surface area contributed by atoms with Crippen LogP contribution in [0.2, 0.25) is 0 Å². The van der Waals surface area contributed by atoms with Gasteiger partial charge in [0.1, 0.15) is 6.33 Å². The summed E-state index contributed by atoms with van der Waals surface area (Å²) in [4.78, 5) is 18.3. The van der Waals surface area contributed by atoms with Crippen molar-refractivity contribution in [2.45, 2.75) is 26.2 Å². The Morgan fingerprint density at radius 3 is 2.92 bits per heavy atom. The maximum absolute atomic E-state index is 10.5. The van der Waals surface area contributed by atoms with Gasteiger partial charge in [-0.25, -0.2) is 9.97 Å². The Morgan fingerprint density at radius 1 is 1.69 bits per heavy atom. The number of nitrogens with zero attached hydrogens (tertiary/aromatic N) is 2. The number of hydrogen-bond donors (Lipinski definition) is 1. The van der Waals surface area contributed by atoms with E-state index >= 15 is 0 Å². The van der Waals surface area contributed by atoms with Crippen molar-refractivity contribution in [3.8, 4) is 0 Å². The van der Waals surface area contributed by atoms with Gasteiger partial charge in [0.05, 0.1) is 6.42 Å². The molecule has 0 aliphatic heterocycles. The minimum absolute atomic E-state index is 0.0290. The fraction of sp³-hybridized carbons (Fsp3) is 0.444. The minimum atomic E-state index is -0.796. The van der Waals surface area contributed by atoms with Crippen LogP contribution in [0.25, 0.3) is 0 Å². The molecule has 0 saturated carbocycles. The minimum Gasteiger partial charge on any atom is -0.481 e. The molecule has 0 aromatic carbocycles. The molecule has 13 heavy (non-hydrogen) atoms.